The Bertz CT molecular complexity index is 3590. The number of carbonyl (C=O) groups excluding carboxylic acids is 3. The second kappa shape index (κ2) is 20.1. The molecule has 0 bridgehead atoms. The molecule has 0 spiro atoms. The van der Waals surface area contributed by atoms with Crippen molar-refractivity contribution in [3.63, 3.8) is 0 Å². The van der Waals surface area contributed by atoms with Crippen LogP contribution in [0.3, 0.4) is 0 Å². The molecule has 0 aliphatic carbocycles. The lowest BCUT2D eigenvalue weighted by atomic mass is 9.87. The Balaban J connectivity index is 1.08. The Kier molecular flexibility index (Phi) is 12.9. The van der Waals surface area contributed by atoms with Crippen molar-refractivity contribution in [2.75, 3.05) is 23.9 Å². The summed E-state index contributed by atoms with van der Waals surface area (Å²) in [6.07, 6.45) is 1.29. The van der Waals surface area contributed by atoms with Crippen molar-refractivity contribution in [1.29, 1.82) is 0 Å². The molecule has 0 aliphatic heterocycles. The van der Waals surface area contributed by atoms with E-state index in [1.54, 1.807) is 54.6 Å². The summed E-state index contributed by atoms with van der Waals surface area (Å²) >= 11 is 0. The lowest BCUT2D eigenvalue weighted by Gasteiger charge is -2.20. The van der Waals surface area contributed by atoms with E-state index >= 15 is 0 Å². The van der Waals surface area contributed by atoms with Crippen molar-refractivity contribution in [3.8, 4) is 22.6 Å². The standard InChI is InChI=1S/C60H48N4O6/c65-56-46(37-70-64-53-24-12-20-41-18-8-10-22-48(41)53)35-44-33-42(58(67)61-31-29-38-13-3-1-4-14-38)25-27-49(44)54(56)55-50-28-26-43(59(68)62-32-30-39-15-5-2-6-16-39)34-45(50)36-51(57(55)66)60(69)63-52-23-11-19-40-17-7-9-21-47(40)52/h1-28,33-36,64-66H,29-32,37H2,(H,61,67)(H,62,68)(H,63,69). The van der Waals surface area contributed by atoms with Gasteiger partial charge in [0.15, 0.2) is 0 Å². The molecule has 0 aliphatic rings. The van der Waals surface area contributed by atoms with Gasteiger partial charge in [-0.3, -0.25) is 24.7 Å². The van der Waals surface area contributed by atoms with Gasteiger partial charge < -0.3 is 26.2 Å². The number of aromatic hydroxyl groups is 2. The number of nitrogens with one attached hydrogen (secondary N) is 4. The van der Waals surface area contributed by atoms with Gasteiger partial charge in [0.1, 0.15) is 18.1 Å². The van der Waals surface area contributed by atoms with Gasteiger partial charge in [-0.15, -0.1) is 0 Å². The molecule has 0 saturated carbocycles. The first kappa shape index (κ1) is 44.8. The quantitative estimate of drug-likeness (QED) is 0.0561. The van der Waals surface area contributed by atoms with Gasteiger partial charge in [0.05, 0.1) is 11.3 Å². The molecule has 0 saturated heterocycles. The smallest absolute Gasteiger partial charge is 0.259 e. The molecular weight excluding hydrogens is 873 g/mol. The van der Waals surface area contributed by atoms with Gasteiger partial charge in [0.25, 0.3) is 17.7 Å². The minimum Gasteiger partial charge on any atom is -0.507 e. The fraction of sp³-hybridized carbons (Fsp3) is 0.0833. The molecule has 0 atom stereocenters. The van der Waals surface area contributed by atoms with Crippen LogP contribution in [0.2, 0.25) is 0 Å². The highest BCUT2D eigenvalue weighted by atomic mass is 16.6. The summed E-state index contributed by atoms with van der Waals surface area (Å²) in [5, 5.41) is 39.9. The van der Waals surface area contributed by atoms with Crippen LogP contribution in [0.4, 0.5) is 11.4 Å². The van der Waals surface area contributed by atoms with Crippen LogP contribution >= 0.6 is 0 Å². The molecule has 10 aromatic carbocycles. The van der Waals surface area contributed by atoms with E-state index in [1.807, 2.05) is 140 Å². The summed E-state index contributed by atoms with van der Waals surface area (Å²) in [6, 6.07) is 60.3. The number of anilines is 2. The van der Waals surface area contributed by atoms with Gasteiger partial charge in [0, 0.05) is 57.4 Å². The predicted octanol–water partition coefficient (Wildman–Crippen LogP) is 12.1. The number of hydrogen-bond acceptors (Lipinski definition) is 7. The topological polar surface area (TPSA) is 149 Å². The molecule has 0 aromatic heterocycles. The lowest BCUT2D eigenvalue weighted by molar-refractivity contribution is 0.0946. The van der Waals surface area contributed by atoms with Crippen LogP contribution < -0.4 is 21.4 Å². The van der Waals surface area contributed by atoms with Crippen LogP contribution in [-0.2, 0) is 24.3 Å². The van der Waals surface area contributed by atoms with Crippen LogP contribution in [-0.4, -0.2) is 41.0 Å². The van der Waals surface area contributed by atoms with Crippen LogP contribution in [0.15, 0.2) is 194 Å². The maximum Gasteiger partial charge on any atom is 0.259 e. The Morgan fingerprint density at radius 2 is 0.914 bits per heavy atom. The zero-order valence-electron chi connectivity index (χ0n) is 38.0. The van der Waals surface area contributed by atoms with Crippen LogP contribution in [0.25, 0.3) is 54.2 Å². The van der Waals surface area contributed by atoms with Gasteiger partial charge in [0.2, 0.25) is 0 Å². The summed E-state index contributed by atoms with van der Waals surface area (Å²) in [5.74, 6) is -1.80. The molecule has 0 unspecified atom stereocenters. The molecule has 10 rings (SSSR count). The number of carbonyl (C=O) groups is 3. The number of rotatable bonds is 15. The number of benzene rings is 10. The summed E-state index contributed by atoms with van der Waals surface area (Å²) in [7, 11) is 0. The van der Waals surface area contributed by atoms with Gasteiger partial charge in [-0.1, -0.05) is 146 Å². The third kappa shape index (κ3) is 9.44. The number of amides is 3. The summed E-state index contributed by atoms with van der Waals surface area (Å²) in [5.41, 5.74) is 7.85. The predicted molar refractivity (Wildman–Crippen MR) is 279 cm³/mol. The minimum atomic E-state index is -0.605. The first-order chi connectivity index (χ1) is 34.3. The van der Waals surface area contributed by atoms with Crippen molar-refractivity contribution in [2.24, 2.45) is 0 Å². The molecule has 3 amide bonds. The van der Waals surface area contributed by atoms with Crippen LogP contribution in [0, 0.1) is 0 Å². The molecule has 0 radical (unpaired) electrons. The largest absolute Gasteiger partial charge is 0.507 e. The molecule has 0 fully saturated rings. The Morgan fingerprint density at radius 3 is 1.50 bits per heavy atom. The van der Waals surface area contributed by atoms with Gasteiger partial charge in [-0.2, -0.15) is 0 Å². The second-order valence-corrected chi connectivity index (χ2v) is 17.2. The van der Waals surface area contributed by atoms with E-state index in [1.165, 1.54) is 0 Å². The number of hydrogen-bond donors (Lipinski definition) is 6. The average molecular weight is 921 g/mol. The van der Waals surface area contributed by atoms with Crippen molar-refractivity contribution in [1.82, 2.24) is 10.6 Å². The van der Waals surface area contributed by atoms with Gasteiger partial charge >= 0.3 is 0 Å². The van der Waals surface area contributed by atoms with Crippen molar-refractivity contribution in [3.05, 3.63) is 228 Å². The van der Waals surface area contributed by atoms with E-state index in [0.29, 0.717) is 69.9 Å². The SMILES string of the molecule is O=C(NCCc1ccccc1)c1ccc2c(-c3c(O)c(C(=O)Nc4cccc5ccccc45)cc4cc(C(=O)NCCc5ccccc5)ccc34)c(O)c(CONc3cccc4ccccc34)cc2c1. The Hall–Kier alpha value is -8.99. The normalized spacial score (nSPS) is 11.2. The van der Waals surface area contributed by atoms with Crippen LogP contribution in [0.5, 0.6) is 11.5 Å². The van der Waals surface area contributed by atoms with E-state index < -0.39 is 11.7 Å². The van der Waals surface area contributed by atoms with Crippen LogP contribution in [0.1, 0.15) is 47.8 Å². The van der Waals surface area contributed by atoms with Crippen molar-refractivity contribution < 1.29 is 29.4 Å². The zero-order valence-corrected chi connectivity index (χ0v) is 38.0. The van der Waals surface area contributed by atoms with E-state index in [9.17, 15) is 24.6 Å². The van der Waals surface area contributed by atoms with Gasteiger partial charge in [-0.05, 0) is 105 Å². The van der Waals surface area contributed by atoms with E-state index in [-0.39, 0.29) is 40.9 Å². The molecule has 10 nitrogen and oxygen atoms in total. The Morgan fingerprint density at radius 1 is 0.429 bits per heavy atom. The first-order valence-electron chi connectivity index (χ1n) is 23.2. The molecule has 344 valence electrons. The fourth-order valence-electron chi connectivity index (χ4n) is 9.09. The monoisotopic (exact) mass is 920 g/mol. The molecule has 6 N–H and O–H groups in total. The van der Waals surface area contributed by atoms with Crippen molar-refractivity contribution >= 4 is 72.2 Å². The maximum atomic E-state index is 14.6. The van der Waals surface area contributed by atoms with Gasteiger partial charge in [-0.25, -0.2) is 0 Å². The molecule has 10 heteroatoms. The maximum absolute atomic E-state index is 14.6. The minimum absolute atomic E-state index is 0.0849. The number of phenolic OH excluding ortho intramolecular Hbond substituents is 2. The third-order valence-corrected chi connectivity index (χ3v) is 12.6. The van der Waals surface area contributed by atoms with E-state index in [2.05, 4.69) is 21.4 Å². The summed E-state index contributed by atoms with van der Waals surface area (Å²) in [4.78, 5) is 48.2. The summed E-state index contributed by atoms with van der Waals surface area (Å²) in [6.45, 7) is 0.678. The molecule has 0 heterocycles. The number of fused-ring (bicyclic) bond motifs is 4. The lowest BCUT2D eigenvalue weighted by Crippen LogP contribution is -2.25. The van der Waals surface area contributed by atoms with E-state index in [4.69, 9.17) is 4.84 Å². The van der Waals surface area contributed by atoms with E-state index in [0.717, 1.165) is 38.4 Å². The first-order valence-corrected chi connectivity index (χ1v) is 23.2. The highest BCUT2D eigenvalue weighted by Crippen LogP contribution is 2.48. The summed E-state index contributed by atoms with van der Waals surface area (Å²) < 4.78 is 0. The molecule has 10 aromatic rings. The molecule has 70 heavy (non-hydrogen) atoms. The fourth-order valence-corrected chi connectivity index (χ4v) is 9.09. The Labute approximate surface area is 404 Å². The third-order valence-electron chi connectivity index (χ3n) is 12.6. The highest BCUT2D eigenvalue weighted by Gasteiger charge is 2.26. The van der Waals surface area contributed by atoms with Crippen molar-refractivity contribution in [2.45, 2.75) is 19.4 Å². The second-order valence-electron chi connectivity index (χ2n) is 17.2. The average Bonchev–Trinajstić information content (AvgIpc) is 3.39. The highest BCUT2D eigenvalue weighted by molar-refractivity contribution is 6.18. The molecular formula is C60H48N4O6. The zero-order chi connectivity index (χ0) is 48.0. The number of phenols is 2.